The molecule has 0 aromatic rings. The first kappa shape index (κ1) is 6.83. The molecule has 0 aromatic carbocycles. The van der Waals surface area contributed by atoms with Crippen LogP contribution in [0.5, 0.6) is 0 Å². The quantitative estimate of drug-likeness (QED) is 0.392. The highest BCUT2D eigenvalue weighted by Crippen LogP contribution is 1.81. The van der Waals surface area contributed by atoms with E-state index < -0.39 is 0 Å². The molecule has 0 aromatic heterocycles. The van der Waals surface area contributed by atoms with Gasteiger partial charge in [0.05, 0.1) is 0 Å². The minimum Gasteiger partial charge on any atom is -0.0852 e. The zero-order valence-corrected chi connectivity index (χ0v) is 5.59. The van der Waals surface area contributed by atoms with Crippen molar-refractivity contribution in [2.75, 3.05) is 0 Å². The fraction of sp³-hybridized carbons (Fsp3) is 0.500. The lowest BCUT2D eigenvalue weighted by molar-refractivity contribution is 1.23. The lowest BCUT2D eigenvalue weighted by atomic mass is 10.4. The lowest BCUT2D eigenvalue weighted by Gasteiger charge is -1.77. The van der Waals surface area contributed by atoms with Gasteiger partial charge in [-0.15, -0.1) is 0 Å². The predicted molar refractivity (Wildman–Crippen MR) is 37.7 cm³/mol. The molecule has 0 aliphatic heterocycles. The number of rotatable bonds is 2. The van der Waals surface area contributed by atoms with Crippen LogP contribution in [-0.4, -0.2) is 4.86 Å². The van der Waals surface area contributed by atoms with Gasteiger partial charge in [-0.1, -0.05) is 31.3 Å². The molecule has 0 saturated carbocycles. The van der Waals surface area contributed by atoms with E-state index in [9.17, 15) is 0 Å². The van der Waals surface area contributed by atoms with Crippen molar-refractivity contribution in [3.63, 3.8) is 0 Å². The van der Waals surface area contributed by atoms with Crippen LogP contribution >= 0.6 is 12.2 Å². The van der Waals surface area contributed by atoms with Crippen molar-refractivity contribution >= 4 is 17.1 Å². The molecule has 0 heterocycles. The molecule has 0 aliphatic rings. The zero-order valence-electron chi connectivity index (χ0n) is 4.77. The van der Waals surface area contributed by atoms with E-state index in [1.54, 1.807) is 0 Å². The minimum absolute atomic E-state index is 0.960. The van der Waals surface area contributed by atoms with Crippen LogP contribution in [0.3, 0.4) is 0 Å². The average molecular weight is 114 g/mol. The Morgan fingerprint density at radius 3 is 2.43 bits per heavy atom. The van der Waals surface area contributed by atoms with Crippen LogP contribution in [0.25, 0.3) is 0 Å². The molecule has 0 N–H and O–H groups in total. The summed E-state index contributed by atoms with van der Waals surface area (Å²) in [4.78, 5) is 0.960. The van der Waals surface area contributed by atoms with Gasteiger partial charge in [-0.3, -0.25) is 0 Å². The maximum absolute atomic E-state index is 4.77. The molecule has 0 amide bonds. The second-order valence-corrected chi connectivity index (χ2v) is 2.07. The highest BCUT2D eigenvalue weighted by Gasteiger charge is 1.70. The summed E-state index contributed by atoms with van der Waals surface area (Å²) in [6.07, 6.45) is 5.09. The summed E-state index contributed by atoms with van der Waals surface area (Å²) in [7, 11) is 0. The van der Waals surface area contributed by atoms with Gasteiger partial charge in [0.1, 0.15) is 0 Å². The highest BCUT2D eigenvalue weighted by atomic mass is 32.1. The summed E-state index contributed by atoms with van der Waals surface area (Å²) < 4.78 is 0. The number of allylic oxidation sites excluding steroid dienone is 2. The first-order chi connectivity index (χ1) is 3.27. The molecule has 0 unspecified atom stereocenters. The summed E-state index contributed by atoms with van der Waals surface area (Å²) >= 11 is 4.77. The van der Waals surface area contributed by atoms with Gasteiger partial charge in [0.25, 0.3) is 0 Å². The number of thiocarbonyl (C=S) groups is 1. The van der Waals surface area contributed by atoms with Crippen molar-refractivity contribution in [2.24, 2.45) is 0 Å². The molecule has 1 heteroatoms. The molecule has 7 heavy (non-hydrogen) atoms. The Balaban J connectivity index is 3.26. The molecule has 0 atom stereocenters. The van der Waals surface area contributed by atoms with Crippen LogP contribution in [-0.2, 0) is 0 Å². The molecule has 0 aliphatic carbocycles. The van der Waals surface area contributed by atoms with Crippen molar-refractivity contribution in [3.8, 4) is 0 Å². The Bertz CT molecular complexity index is 82.2. The average Bonchev–Trinajstić information content (AvgIpc) is 1.61. The van der Waals surface area contributed by atoms with Gasteiger partial charge in [-0.25, -0.2) is 0 Å². The fourth-order valence-corrected chi connectivity index (χ4v) is 0.380. The molecule has 0 bridgehead atoms. The SMILES string of the molecule is CCC=CC(C)=S. The van der Waals surface area contributed by atoms with Crippen molar-refractivity contribution in [1.29, 1.82) is 0 Å². The second kappa shape index (κ2) is 4.00. The van der Waals surface area contributed by atoms with E-state index in [0.717, 1.165) is 11.3 Å². The van der Waals surface area contributed by atoms with Gasteiger partial charge in [-0.05, 0) is 13.3 Å². The van der Waals surface area contributed by atoms with E-state index in [1.165, 1.54) is 0 Å². The van der Waals surface area contributed by atoms with Crippen molar-refractivity contribution in [2.45, 2.75) is 20.3 Å². The highest BCUT2D eigenvalue weighted by molar-refractivity contribution is 7.80. The molecule has 0 saturated heterocycles. The standard InChI is InChI=1S/C6H10S/c1-3-4-5-6(2)7/h4-5H,3H2,1-2H3. The van der Waals surface area contributed by atoms with Gasteiger partial charge < -0.3 is 0 Å². The van der Waals surface area contributed by atoms with Crippen LogP contribution in [0.15, 0.2) is 12.2 Å². The summed E-state index contributed by atoms with van der Waals surface area (Å²) in [5.41, 5.74) is 0. The molecule has 0 spiro atoms. The van der Waals surface area contributed by atoms with Gasteiger partial charge in [0.15, 0.2) is 0 Å². The van der Waals surface area contributed by atoms with Crippen LogP contribution < -0.4 is 0 Å². The van der Waals surface area contributed by atoms with E-state index in [2.05, 4.69) is 13.0 Å². The number of hydrogen-bond acceptors (Lipinski definition) is 1. The molecule has 0 rings (SSSR count). The van der Waals surface area contributed by atoms with Crippen LogP contribution in [0.1, 0.15) is 20.3 Å². The molecule has 0 radical (unpaired) electrons. The first-order valence-corrected chi connectivity index (χ1v) is 2.85. The van der Waals surface area contributed by atoms with Crippen molar-refractivity contribution in [1.82, 2.24) is 0 Å². The summed E-state index contributed by atoms with van der Waals surface area (Å²) in [6.45, 7) is 4.01. The fourth-order valence-electron chi connectivity index (χ4n) is 0.284. The van der Waals surface area contributed by atoms with Crippen molar-refractivity contribution in [3.05, 3.63) is 12.2 Å². The van der Waals surface area contributed by atoms with E-state index in [1.807, 2.05) is 13.0 Å². The van der Waals surface area contributed by atoms with Crippen LogP contribution in [0.2, 0.25) is 0 Å². The smallest absolute Gasteiger partial charge is 0.0118 e. The normalized spacial score (nSPS) is 10.0. The number of hydrogen-bond donors (Lipinski definition) is 0. The van der Waals surface area contributed by atoms with E-state index in [4.69, 9.17) is 12.2 Å². The first-order valence-electron chi connectivity index (χ1n) is 2.44. The van der Waals surface area contributed by atoms with E-state index >= 15 is 0 Å². The molecular formula is C6H10S. The maximum atomic E-state index is 4.77. The van der Waals surface area contributed by atoms with Gasteiger partial charge >= 0.3 is 0 Å². The monoisotopic (exact) mass is 114 g/mol. The molecule has 0 nitrogen and oxygen atoms in total. The zero-order chi connectivity index (χ0) is 5.70. The summed E-state index contributed by atoms with van der Waals surface area (Å²) in [5, 5.41) is 0. The molecule has 0 fully saturated rings. The van der Waals surface area contributed by atoms with Crippen LogP contribution in [0.4, 0.5) is 0 Å². The third-order valence-electron chi connectivity index (χ3n) is 0.588. The summed E-state index contributed by atoms with van der Waals surface area (Å²) in [5.74, 6) is 0. The minimum atomic E-state index is 0.960. The maximum Gasteiger partial charge on any atom is 0.0118 e. The van der Waals surface area contributed by atoms with E-state index in [-0.39, 0.29) is 0 Å². The van der Waals surface area contributed by atoms with Crippen LogP contribution in [0, 0.1) is 0 Å². The molecule has 40 valence electrons. The Kier molecular flexibility index (Phi) is 3.90. The second-order valence-electron chi connectivity index (χ2n) is 1.42. The van der Waals surface area contributed by atoms with Gasteiger partial charge in [0.2, 0.25) is 0 Å². The van der Waals surface area contributed by atoms with Gasteiger partial charge in [0, 0.05) is 4.86 Å². The topological polar surface area (TPSA) is 0 Å². The Morgan fingerprint density at radius 1 is 1.71 bits per heavy atom. The van der Waals surface area contributed by atoms with Gasteiger partial charge in [-0.2, -0.15) is 0 Å². The summed E-state index contributed by atoms with van der Waals surface area (Å²) in [6, 6.07) is 0. The lowest BCUT2D eigenvalue weighted by Crippen LogP contribution is -1.72. The van der Waals surface area contributed by atoms with Crippen molar-refractivity contribution < 1.29 is 0 Å². The third kappa shape index (κ3) is 5.83. The van der Waals surface area contributed by atoms with E-state index in [0.29, 0.717) is 0 Å². The molecular weight excluding hydrogens is 104 g/mol. The Labute approximate surface area is 50.2 Å². The largest absolute Gasteiger partial charge is 0.0852 e. The third-order valence-corrected chi connectivity index (χ3v) is 0.724. The predicted octanol–water partition coefficient (Wildman–Crippen LogP) is 2.34. The Morgan fingerprint density at radius 2 is 2.29 bits per heavy atom. The Hall–Kier alpha value is -0.170.